The van der Waals surface area contributed by atoms with Gasteiger partial charge in [-0.2, -0.15) is 0 Å². The molecule has 1 aromatic carbocycles. The molecule has 1 aliphatic heterocycles. The summed E-state index contributed by atoms with van der Waals surface area (Å²) >= 11 is 0. The molecule has 2 rings (SSSR count). The highest BCUT2D eigenvalue weighted by Crippen LogP contribution is 2.18. The Hall–Kier alpha value is -1.06. The molecule has 3 nitrogen and oxygen atoms in total. The third-order valence-electron chi connectivity index (χ3n) is 3.84. The second kappa shape index (κ2) is 6.92. The summed E-state index contributed by atoms with van der Waals surface area (Å²) in [7, 11) is 0. The number of hydrogen-bond acceptors (Lipinski definition) is 3. The van der Waals surface area contributed by atoms with E-state index in [0.29, 0.717) is 6.04 Å². The van der Waals surface area contributed by atoms with Crippen molar-refractivity contribution in [1.29, 1.82) is 0 Å². The number of likely N-dealkylation sites (tertiary alicyclic amines) is 1. The molecule has 1 aliphatic rings. The van der Waals surface area contributed by atoms with Gasteiger partial charge < -0.3 is 15.4 Å². The maximum Gasteiger partial charge on any atom is 0.122 e. The molecule has 1 saturated heterocycles. The molecule has 1 fully saturated rings. The third-order valence-corrected chi connectivity index (χ3v) is 3.84. The summed E-state index contributed by atoms with van der Waals surface area (Å²) in [5, 5.41) is 0. The van der Waals surface area contributed by atoms with E-state index in [-0.39, 0.29) is 0 Å². The highest BCUT2D eigenvalue weighted by Gasteiger charge is 2.15. The van der Waals surface area contributed by atoms with E-state index in [2.05, 4.69) is 36.9 Å². The van der Waals surface area contributed by atoms with Crippen LogP contribution >= 0.6 is 0 Å². The van der Waals surface area contributed by atoms with Gasteiger partial charge in [-0.3, -0.25) is 0 Å². The molecule has 1 heterocycles. The van der Waals surface area contributed by atoms with Crippen molar-refractivity contribution >= 4 is 0 Å². The fraction of sp³-hybridized carbons (Fsp3) is 0.625. The van der Waals surface area contributed by atoms with Crippen LogP contribution in [0.5, 0.6) is 5.75 Å². The minimum Gasteiger partial charge on any atom is -0.493 e. The molecule has 2 N–H and O–H groups in total. The van der Waals surface area contributed by atoms with E-state index in [0.717, 1.165) is 51.3 Å². The van der Waals surface area contributed by atoms with Gasteiger partial charge in [-0.05, 0) is 57.8 Å². The number of nitrogens with two attached hydrogens (primary N) is 1. The number of nitrogens with zero attached hydrogens (tertiary/aromatic N) is 1. The molecule has 0 radical (unpaired) electrons. The second-order valence-electron chi connectivity index (χ2n) is 5.65. The van der Waals surface area contributed by atoms with Crippen LogP contribution in [-0.2, 0) is 0 Å². The summed E-state index contributed by atoms with van der Waals surface area (Å²) in [6.07, 6.45) is 3.36. The van der Waals surface area contributed by atoms with E-state index < -0.39 is 0 Å². The van der Waals surface area contributed by atoms with Crippen LogP contribution in [0, 0.1) is 13.8 Å². The highest BCUT2D eigenvalue weighted by atomic mass is 16.5. The molecule has 0 aromatic heterocycles. The Morgan fingerprint density at radius 3 is 2.68 bits per heavy atom. The normalized spacial score (nSPS) is 17.6. The fourth-order valence-corrected chi connectivity index (χ4v) is 2.61. The van der Waals surface area contributed by atoms with Crippen LogP contribution in [0.3, 0.4) is 0 Å². The largest absolute Gasteiger partial charge is 0.493 e. The van der Waals surface area contributed by atoms with Crippen LogP contribution in [-0.4, -0.2) is 37.2 Å². The van der Waals surface area contributed by atoms with Crippen LogP contribution in [0.4, 0.5) is 0 Å². The van der Waals surface area contributed by atoms with Crippen LogP contribution < -0.4 is 10.5 Å². The summed E-state index contributed by atoms with van der Waals surface area (Å²) in [5.41, 5.74) is 8.42. The third kappa shape index (κ3) is 4.51. The zero-order valence-electron chi connectivity index (χ0n) is 12.2. The maximum atomic E-state index is 5.91. The summed E-state index contributed by atoms with van der Waals surface area (Å²) in [6, 6.07) is 6.77. The molecule has 0 aliphatic carbocycles. The van der Waals surface area contributed by atoms with Gasteiger partial charge in [-0.25, -0.2) is 0 Å². The van der Waals surface area contributed by atoms with Gasteiger partial charge in [0.05, 0.1) is 6.61 Å². The van der Waals surface area contributed by atoms with Gasteiger partial charge in [0.25, 0.3) is 0 Å². The quantitative estimate of drug-likeness (QED) is 0.829. The Kier molecular flexibility index (Phi) is 5.23. The Labute approximate surface area is 116 Å². The lowest BCUT2D eigenvalue weighted by atomic mass is 10.1. The molecule has 0 saturated carbocycles. The molecular formula is C16H26N2O. The first-order valence-electron chi connectivity index (χ1n) is 7.33. The number of benzene rings is 1. The number of rotatable bonds is 5. The van der Waals surface area contributed by atoms with Crippen molar-refractivity contribution in [2.45, 2.75) is 39.2 Å². The maximum absolute atomic E-state index is 5.91. The van der Waals surface area contributed by atoms with Gasteiger partial charge in [0.2, 0.25) is 0 Å². The zero-order chi connectivity index (χ0) is 13.7. The van der Waals surface area contributed by atoms with E-state index in [9.17, 15) is 0 Å². The SMILES string of the molecule is Cc1ccc(OCCCN2CCC(N)CC2)c(C)c1. The molecule has 19 heavy (non-hydrogen) atoms. The standard InChI is InChI=1S/C16H26N2O/c1-13-4-5-16(14(2)12-13)19-11-3-8-18-9-6-15(17)7-10-18/h4-5,12,15H,3,6-11,17H2,1-2H3. The summed E-state index contributed by atoms with van der Waals surface area (Å²) < 4.78 is 5.85. The van der Waals surface area contributed by atoms with E-state index >= 15 is 0 Å². The van der Waals surface area contributed by atoms with Crippen LogP contribution in [0.1, 0.15) is 30.4 Å². The van der Waals surface area contributed by atoms with Crippen molar-refractivity contribution in [3.63, 3.8) is 0 Å². The van der Waals surface area contributed by atoms with Crippen molar-refractivity contribution in [3.05, 3.63) is 29.3 Å². The van der Waals surface area contributed by atoms with E-state index in [1.165, 1.54) is 11.1 Å². The van der Waals surface area contributed by atoms with Gasteiger partial charge in [-0.1, -0.05) is 17.7 Å². The zero-order valence-corrected chi connectivity index (χ0v) is 12.2. The second-order valence-corrected chi connectivity index (χ2v) is 5.65. The molecule has 0 atom stereocenters. The van der Waals surface area contributed by atoms with Gasteiger partial charge in [0.15, 0.2) is 0 Å². The predicted octanol–water partition coefficient (Wildman–Crippen LogP) is 2.50. The van der Waals surface area contributed by atoms with Crippen molar-refractivity contribution in [1.82, 2.24) is 4.90 Å². The smallest absolute Gasteiger partial charge is 0.122 e. The van der Waals surface area contributed by atoms with Crippen LogP contribution in [0.25, 0.3) is 0 Å². The van der Waals surface area contributed by atoms with E-state index in [4.69, 9.17) is 10.5 Å². The molecule has 1 aromatic rings. The monoisotopic (exact) mass is 262 g/mol. The number of ether oxygens (including phenoxy) is 1. The Balaban J connectivity index is 1.66. The fourth-order valence-electron chi connectivity index (χ4n) is 2.61. The van der Waals surface area contributed by atoms with Gasteiger partial charge >= 0.3 is 0 Å². The summed E-state index contributed by atoms with van der Waals surface area (Å²) in [6.45, 7) is 8.42. The lowest BCUT2D eigenvalue weighted by molar-refractivity contribution is 0.193. The topological polar surface area (TPSA) is 38.5 Å². The first kappa shape index (κ1) is 14.4. The first-order valence-corrected chi connectivity index (χ1v) is 7.33. The summed E-state index contributed by atoms with van der Waals surface area (Å²) in [5.74, 6) is 1.02. The van der Waals surface area contributed by atoms with Crippen LogP contribution in [0.15, 0.2) is 18.2 Å². The number of piperidine rings is 1. The molecule has 0 bridgehead atoms. The van der Waals surface area contributed by atoms with E-state index in [1.807, 2.05) is 0 Å². The lowest BCUT2D eigenvalue weighted by Crippen LogP contribution is -2.40. The molecular weight excluding hydrogens is 236 g/mol. The Bertz CT molecular complexity index is 398. The molecule has 106 valence electrons. The van der Waals surface area contributed by atoms with Crippen molar-refractivity contribution in [2.24, 2.45) is 5.73 Å². The summed E-state index contributed by atoms with van der Waals surface area (Å²) in [4.78, 5) is 2.49. The average molecular weight is 262 g/mol. The van der Waals surface area contributed by atoms with Gasteiger partial charge in [-0.15, -0.1) is 0 Å². The molecule has 3 heteroatoms. The minimum atomic E-state index is 0.419. The van der Waals surface area contributed by atoms with E-state index in [1.54, 1.807) is 0 Å². The van der Waals surface area contributed by atoms with Crippen molar-refractivity contribution in [2.75, 3.05) is 26.2 Å². The highest BCUT2D eigenvalue weighted by molar-refractivity contribution is 5.35. The average Bonchev–Trinajstić information content (AvgIpc) is 2.39. The lowest BCUT2D eigenvalue weighted by Gasteiger charge is -2.29. The first-order chi connectivity index (χ1) is 9.15. The Morgan fingerprint density at radius 1 is 1.26 bits per heavy atom. The molecule has 0 amide bonds. The van der Waals surface area contributed by atoms with Crippen LogP contribution in [0.2, 0.25) is 0 Å². The van der Waals surface area contributed by atoms with Gasteiger partial charge in [0, 0.05) is 12.6 Å². The Morgan fingerprint density at radius 2 is 2.00 bits per heavy atom. The predicted molar refractivity (Wildman–Crippen MR) is 79.7 cm³/mol. The number of hydrogen-bond donors (Lipinski definition) is 1. The van der Waals surface area contributed by atoms with Crippen molar-refractivity contribution in [3.8, 4) is 5.75 Å². The number of aryl methyl sites for hydroxylation is 2. The molecule has 0 unspecified atom stereocenters. The minimum absolute atomic E-state index is 0.419. The molecule has 0 spiro atoms. The van der Waals surface area contributed by atoms with Gasteiger partial charge in [0.1, 0.15) is 5.75 Å². The van der Waals surface area contributed by atoms with Crippen molar-refractivity contribution < 1.29 is 4.74 Å².